The molecule has 0 aliphatic carbocycles. The largest absolute Gasteiger partial charge is 0.453 e. The highest BCUT2D eigenvalue weighted by atomic mass is 32.1. The fourth-order valence-electron chi connectivity index (χ4n) is 4.99. The first kappa shape index (κ1) is 20.4. The molecule has 3 saturated heterocycles. The van der Waals surface area contributed by atoms with Crippen LogP contribution in [0.3, 0.4) is 0 Å². The molecule has 0 aromatic carbocycles. The number of aliphatic hydroxyl groups is 1. The van der Waals surface area contributed by atoms with E-state index in [1.165, 1.54) is 40.6 Å². The molecule has 4 nitrogen and oxygen atoms in total. The van der Waals surface area contributed by atoms with Crippen molar-refractivity contribution < 1.29 is 19.1 Å². The number of thiophene rings is 3. The minimum absolute atomic E-state index is 0.116. The molecule has 3 aromatic heterocycles. The molecule has 3 aromatic rings. The standard InChI is InChI=1S/C23H26NO3S3/c25-22(23(26,20-5-2-14-29-20)21-6-3-15-30-21)27-19-16-24(10-7-17(19)8-11-24)12-9-18-4-1-13-28-18/h1-6,13-15,17,19,26H,7-12,16H2/q+1. The van der Waals surface area contributed by atoms with Crippen LogP contribution in [0.2, 0.25) is 0 Å². The molecule has 1 atom stereocenters. The summed E-state index contributed by atoms with van der Waals surface area (Å²) < 4.78 is 7.14. The van der Waals surface area contributed by atoms with Crippen molar-refractivity contribution in [3.63, 3.8) is 0 Å². The van der Waals surface area contributed by atoms with Crippen LogP contribution >= 0.6 is 34.0 Å². The summed E-state index contributed by atoms with van der Waals surface area (Å²) in [6.45, 7) is 4.31. The van der Waals surface area contributed by atoms with Gasteiger partial charge in [0.1, 0.15) is 6.54 Å². The number of carbonyl (C=O) groups is 1. The van der Waals surface area contributed by atoms with Gasteiger partial charge >= 0.3 is 5.97 Å². The maximum Gasteiger partial charge on any atom is 0.349 e. The topological polar surface area (TPSA) is 46.5 Å². The molecule has 30 heavy (non-hydrogen) atoms. The highest BCUT2D eigenvalue weighted by molar-refractivity contribution is 7.12. The minimum atomic E-state index is -1.71. The zero-order valence-corrected chi connectivity index (χ0v) is 19.2. The van der Waals surface area contributed by atoms with E-state index in [-0.39, 0.29) is 6.10 Å². The Hall–Kier alpha value is -1.51. The molecule has 158 valence electrons. The number of hydrogen-bond donors (Lipinski definition) is 1. The molecule has 6 rings (SSSR count). The van der Waals surface area contributed by atoms with E-state index in [0.717, 1.165) is 36.8 Å². The van der Waals surface area contributed by atoms with E-state index in [1.54, 1.807) is 0 Å². The molecule has 0 saturated carbocycles. The third kappa shape index (κ3) is 3.67. The second-order valence-electron chi connectivity index (χ2n) is 8.47. The summed E-state index contributed by atoms with van der Waals surface area (Å²) >= 11 is 4.60. The summed E-state index contributed by atoms with van der Waals surface area (Å²) in [5.74, 6) is -0.117. The number of esters is 1. The first-order valence-electron chi connectivity index (χ1n) is 10.5. The lowest BCUT2D eigenvalue weighted by Crippen LogP contribution is -2.65. The van der Waals surface area contributed by atoms with Crippen LogP contribution in [0.5, 0.6) is 0 Å². The number of nitrogens with zero attached hydrogens (tertiary/aromatic N) is 1. The maximum absolute atomic E-state index is 13.4. The van der Waals surface area contributed by atoms with E-state index < -0.39 is 11.6 Å². The van der Waals surface area contributed by atoms with Crippen LogP contribution in [0.15, 0.2) is 52.5 Å². The predicted molar refractivity (Wildman–Crippen MR) is 122 cm³/mol. The Morgan fingerprint density at radius 2 is 1.67 bits per heavy atom. The zero-order valence-electron chi connectivity index (χ0n) is 16.7. The molecular weight excluding hydrogens is 434 g/mol. The molecule has 6 heterocycles. The average molecular weight is 461 g/mol. The summed E-state index contributed by atoms with van der Waals surface area (Å²) in [7, 11) is 0. The summed E-state index contributed by atoms with van der Waals surface area (Å²) in [6, 6.07) is 11.7. The third-order valence-corrected chi connectivity index (χ3v) is 9.66. The van der Waals surface area contributed by atoms with Gasteiger partial charge in [-0.3, -0.25) is 0 Å². The normalized spacial score (nSPS) is 26.0. The van der Waals surface area contributed by atoms with Gasteiger partial charge < -0.3 is 14.3 Å². The van der Waals surface area contributed by atoms with Crippen LogP contribution in [0.25, 0.3) is 0 Å². The number of piperidine rings is 3. The molecular formula is C23H26NO3S3+. The van der Waals surface area contributed by atoms with Crippen molar-refractivity contribution in [3.05, 3.63) is 67.2 Å². The first-order chi connectivity index (χ1) is 14.6. The summed E-state index contributed by atoms with van der Waals surface area (Å²) in [5, 5.41) is 17.5. The Labute approximate surface area is 189 Å². The Bertz CT molecular complexity index is 923. The van der Waals surface area contributed by atoms with E-state index in [2.05, 4.69) is 17.5 Å². The van der Waals surface area contributed by atoms with E-state index >= 15 is 0 Å². The van der Waals surface area contributed by atoms with Gasteiger partial charge in [-0.1, -0.05) is 18.2 Å². The minimum Gasteiger partial charge on any atom is -0.453 e. The molecule has 7 heteroatoms. The van der Waals surface area contributed by atoms with Crippen molar-refractivity contribution in [1.82, 2.24) is 0 Å². The second kappa shape index (κ2) is 8.20. The molecule has 3 fully saturated rings. The van der Waals surface area contributed by atoms with E-state index in [4.69, 9.17) is 4.74 Å². The first-order valence-corrected chi connectivity index (χ1v) is 13.1. The van der Waals surface area contributed by atoms with Gasteiger partial charge in [-0.25, -0.2) is 4.79 Å². The number of quaternary nitrogens is 1. The van der Waals surface area contributed by atoms with Crippen LogP contribution in [-0.4, -0.2) is 47.8 Å². The Morgan fingerprint density at radius 1 is 1.03 bits per heavy atom. The fraction of sp³-hybridized carbons (Fsp3) is 0.435. The Kier molecular flexibility index (Phi) is 5.58. The van der Waals surface area contributed by atoms with E-state index in [1.807, 2.05) is 46.4 Å². The van der Waals surface area contributed by atoms with Gasteiger partial charge in [-0.05, 0) is 34.3 Å². The highest BCUT2D eigenvalue weighted by Gasteiger charge is 2.51. The lowest BCUT2D eigenvalue weighted by atomic mass is 9.83. The molecule has 1 unspecified atom stereocenters. The van der Waals surface area contributed by atoms with E-state index in [0.29, 0.717) is 15.7 Å². The smallest absolute Gasteiger partial charge is 0.349 e. The quantitative estimate of drug-likeness (QED) is 0.417. The maximum atomic E-state index is 13.4. The van der Waals surface area contributed by atoms with Crippen molar-refractivity contribution in [2.24, 2.45) is 5.92 Å². The molecule has 3 aliphatic rings. The monoisotopic (exact) mass is 460 g/mol. The summed E-state index contributed by atoms with van der Waals surface area (Å²) in [5.41, 5.74) is -1.71. The van der Waals surface area contributed by atoms with Crippen LogP contribution in [0.4, 0.5) is 0 Å². The van der Waals surface area contributed by atoms with Crippen LogP contribution in [-0.2, 0) is 21.6 Å². The molecule has 0 spiro atoms. The van der Waals surface area contributed by atoms with Crippen molar-refractivity contribution in [3.8, 4) is 0 Å². The van der Waals surface area contributed by atoms with Gasteiger partial charge in [0.15, 0.2) is 6.10 Å². The SMILES string of the molecule is O=C(OC1C[N+]2(CCc3cccs3)CCC1CC2)C(O)(c1cccs1)c1cccs1. The van der Waals surface area contributed by atoms with Gasteiger partial charge in [0.25, 0.3) is 0 Å². The molecule has 3 aliphatic heterocycles. The number of ether oxygens (including phenoxy) is 1. The summed E-state index contributed by atoms with van der Waals surface area (Å²) in [6.07, 6.45) is 3.16. The van der Waals surface area contributed by atoms with Crippen LogP contribution < -0.4 is 0 Å². The fourth-order valence-corrected chi connectivity index (χ4v) is 7.40. The van der Waals surface area contributed by atoms with Crippen molar-refractivity contribution in [2.75, 3.05) is 26.2 Å². The lowest BCUT2D eigenvalue weighted by Gasteiger charge is -2.52. The predicted octanol–water partition coefficient (Wildman–Crippen LogP) is 4.50. The highest BCUT2D eigenvalue weighted by Crippen LogP contribution is 2.40. The molecule has 2 bridgehead atoms. The number of hydrogen-bond acceptors (Lipinski definition) is 6. The lowest BCUT2D eigenvalue weighted by molar-refractivity contribution is -0.946. The van der Waals surface area contributed by atoms with Crippen LogP contribution in [0.1, 0.15) is 27.5 Å². The average Bonchev–Trinajstić information content (AvgIpc) is 3.56. The third-order valence-electron chi connectivity index (χ3n) is 6.76. The van der Waals surface area contributed by atoms with Gasteiger partial charge in [0.05, 0.1) is 29.4 Å². The van der Waals surface area contributed by atoms with Gasteiger partial charge in [0, 0.05) is 30.1 Å². The summed E-state index contributed by atoms with van der Waals surface area (Å²) in [4.78, 5) is 16.1. The molecule has 1 N–H and O–H groups in total. The number of fused-ring (bicyclic) bond motifs is 3. The Morgan fingerprint density at radius 3 is 2.23 bits per heavy atom. The van der Waals surface area contributed by atoms with Crippen LogP contribution in [0, 0.1) is 5.92 Å². The van der Waals surface area contributed by atoms with Gasteiger partial charge in [0.2, 0.25) is 5.60 Å². The van der Waals surface area contributed by atoms with Gasteiger partial charge in [-0.15, -0.1) is 34.0 Å². The van der Waals surface area contributed by atoms with E-state index in [9.17, 15) is 9.90 Å². The van der Waals surface area contributed by atoms with Crippen molar-refractivity contribution in [1.29, 1.82) is 0 Å². The zero-order chi connectivity index (χ0) is 20.6. The second-order valence-corrected chi connectivity index (χ2v) is 11.4. The van der Waals surface area contributed by atoms with Crippen molar-refractivity contribution in [2.45, 2.75) is 31.0 Å². The van der Waals surface area contributed by atoms with Crippen molar-refractivity contribution >= 4 is 40.0 Å². The van der Waals surface area contributed by atoms with Gasteiger partial charge in [-0.2, -0.15) is 0 Å². The number of rotatable bonds is 7. The molecule has 0 amide bonds. The molecule has 0 radical (unpaired) electrons. The number of carbonyl (C=O) groups excluding carboxylic acids is 1. The Balaban J connectivity index is 1.34.